The number of carbonyl (C=O) groups excluding carboxylic acids is 1. The second kappa shape index (κ2) is 7.21. The number of hydrogen-bond acceptors (Lipinski definition) is 4. The Labute approximate surface area is 134 Å². The number of pyridine rings is 1. The third kappa shape index (κ3) is 3.77. The van der Waals surface area contributed by atoms with Gasteiger partial charge in [0.25, 0.3) is 12.3 Å². The lowest BCUT2D eigenvalue weighted by Gasteiger charge is -2.23. The minimum absolute atomic E-state index is 0.0116. The molecule has 5 nitrogen and oxygen atoms in total. The molecule has 0 aliphatic carbocycles. The Bertz CT molecular complexity index is 550. The summed E-state index contributed by atoms with van der Waals surface area (Å²) in [6.45, 7) is 2.81. The van der Waals surface area contributed by atoms with Gasteiger partial charge in [0.2, 0.25) is 5.88 Å². The van der Waals surface area contributed by atoms with E-state index in [9.17, 15) is 13.6 Å². The Morgan fingerprint density at radius 3 is 2.87 bits per heavy atom. The molecule has 2 fully saturated rings. The predicted molar refractivity (Wildman–Crippen MR) is 80.9 cm³/mol. The lowest BCUT2D eigenvalue weighted by Crippen LogP contribution is -2.37. The molecular weight excluding hydrogens is 304 g/mol. The van der Waals surface area contributed by atoms with E-state index >= 15 is 0 Å². The van der Waals surface area contributed by atoms with Gasteiger partial charge in [0.05, 0.1) is 0 Å². The molecule has 2 aliphatic heterocycles. The molecule has 1 amide bonds. The lowest BCUT2D eigenvalue weighted by molar-refractivity contribution is 0.0717. The van der Waals surface area contributed by atoms with Crippen molar-refractivity contribution in [2.24, 2.45) is 0 Å². The summed E-state index contributed by atoms with van der Waals surface area (Å²) in [6, 6.07) is 3.61. The van der Waals surface area contributed by atoms with E-state index in [-0.39, 0.29) is 17.4 Å². The highest BCUT2D eigenvalue weighted by atomic mass is 19.3. The zero-order valence-electron chi connectivity index (χ0n) is 13.0. The van der Waals surface area contributed by atoms with Gasteiger partial charge in [-0.05, 0) is 44.5 Å². The van der Waals surface area contributed by atoms with Crippen LogP contribution >= 0.6 is 0 Å². The first-order valence-electron chi connectivity index (χ1n) is 8.04. The standard InChI is InChI=1S/C16H21F2N3O2/c17-14(18)11-23-15-13(4-3-6-19-15)16(22)21-9-5-12(10-21)20-7-1-2-8-20/h3-4,6,12,14H,1-2,5,7-11H2. The van der Waals surface area contributed by atoms with Crippen LogP contribution in [0.3, 0.4) is 0 Å². The Morgan fingerprint density at radius 1 is 1.35 bits per heavy atom. The third-order valence-electron chi connectivity index (χ3n) is 4.46. The fraction of sp³-hybridized carbons (Fsp3) is 0.625. The first-order valence-corrected chi connectivity index (χ1v) is 8.04. The van der Waals surface area contributed by atoms with Gasteiger partial charge < -0.3 is 9.64 Å². The minimum atomic E-state index is -2.59. The van der Waals surface area contributed by atoms with Crippen molar-refractivity contribution in [1.82, 2.24) is 14.8 Å². The van der Waals surface area contributed by atoms with Crippen LogP contribution < -0.4 is 4.74 Å². The van der Waals surface area contributed by atoms with Crippen LogP contribution in [0.5, 0.6) is 5.88 Å². The van der Waals surface area contributed by atoms with Gasteiger partial charge in [0, 0.05) is 25.3 Å². The van der Waals surface area contributed by atoms with Crippen molar-refractivity contribution in [3.05, 3.63) is 23.9 Å². The Kier molecular flexibility index (Phi) is 5.05. The number of likely N-dealkylation sites (tertiary alicyclic amines) is 2. The topological polar surface area (TPSA) is 45.7 Å². The molecular formula is C16H21F2N3O2. The summed E-state index contributed by atoms with van der Waals surface area (Å²) in [4.78, 5) is 20.8. The van der Waals surface area contributed by atoms with Gasteiger partial charge in [-0.25, -0.2) is 13.8 Å². The number of nitrogens with zero attached hydrogens (tertiary/aromatic N) is 3. The molecule has 1 aromatic heterocycles. The van der Waals surface area contributed by atoms with Crippen molar-refractivity contribution in [1.29, 1.82) is 0 Å². The molecule has 0 bridgehead atoms. The summed E-state index contributed by atoms with van der Waals surface area (Å²) in [5.41, 5.74) is 0.259. The third-order valence-corrected chi connectivity index (χ3v) is 4.46. The van der Waals surface area contributed by atoms with Crippen molar-refractivity contribution in [3.8, 4) is 5.88 Å². The van der Waals surface area contributed by atoms with Crippen molar-refractivity contribution in [2.75, 3.05) is 32.8 Å². The van der Waals surface area contributed by atoms with E-state index in [1.165, 1.54) is 19.0 Å². The highest BCUT2D eigenvalue weighted by molar-refractivity contribution is 5.96. The van der Waals surface area contributed by atoms with Gasteiger partial charge in [-0.3, -0.25) is 9.69 Å². The van der Waals surface area contributed by atoms with E-state index in [1.54, 1.807) is 17.0 Å². The second-order valence-corrected chi connectivity index (χ2v) is 5.99. The summed E-state index contributed by atoms with van der Waals surface area (Å²) >= 11 is 0. The average Bonchev–Trinajstić information content (AvgIpc) is 3.23. The zero-order valence-corrected chi connectivity index (χ0v) is 13.0. The normalized spacial score (nSPS) is 22.0. The van der Waals surface area contributed by atoms with E-state index in [1.807, 2.05) is 0 Å². The number of hydrogen-bond donors (Lipinski definition) is 0. The van der Waals surface area contributed by atoms with Crippen molar-refractivity contribution in [3.63, 3.8) is 0 Å². The fourth-order valence-electron chi connectivity index (χ4n) is 3.31. The Morgan fingerprint density at radius 2 is 2.13 bits per heavy atom. The van der Waals surface area contributed by atoms with Crippen molar-refractivity contribution < 1.29 is 18.3 Å². The van der Waals surface area contributed by atoms with Crippen LogP contribution in [0.1, 0.15) is 29.6 Å². The molecule has 1 unspecified atom stereocenters. The van der Waals surface area contributed by atoms with Crippen molar-refractivity contribution >= 4 is 5.91 Å². The highest BCUT2D eigenvalue weighted by Crippen LogP contribution is 2.24. The number of halogens is 2. The maximum Gasteiger partial charge on any atom is 0.272 e. The molecule has 1 atom stereocenters. The SMILES string of the molecule is O=C(c1cccnc1OCC(F)F)N1CCC(N2CCCC2)C1. The van der Waals surface area contributed by atoms with Gasteiger partial charge >= 0.3 is 0 Å². The van der Waals surface area contributed by atoms with Gasteiger partial charge in [-0.2, -0.15) is 0 Å². The molecule has 2 aliphatic rings. The predicted octanol–water partition coefficient (Wildman–Crippen LogP) is 2.04. The summed E-state index contributed by atoms with van der Waals surface area (Å²) in [6.07, 6.45) is 2.25. The monoisotopic (exact) mass is 325 g/mol. The van der Waals surface area contributed by atoms with Gasteiger partial charge in [0.1, 0.15) is 5.56 Å². The van der Waals surface area contributed by atoms with Crippen LogP contribution in [0.15, 0.2) is 18.3 Å². The first-order chi connectivity index (χ1) is 11.1. The largest absolute Gasteiger partial charge is 0.471 e. The van der Waals surface area contributed by atoms with Gasteiger partial charge in [-0.15, -0.1) is 0 Å². The molecule has 2 saturated heterocycles. The summed E-state index contributed by atoms with van der Waals surface area (Å²) in [5.74, 6) is -0.202. The number of ether oxygens (including phenoxy) is 1. The molecule has 23 heavy (non-hydrogen) atoms. The zero-order chi connectivity index (χ0) is 16.2. The molecule has 0 aromatic carbocycles. The van der Waals surface area contributed by atoms with Crippen LogP contribution in [-0.4, -0.2) is 65.9 Å². The minimum Gasteiger partial charge on any atom is -0.471 e. The number of aromatic nitrogens is 1. The average molecular weight is 325 g/mol. The maximum atomic E-state index is 12.7. The first kappa shape index (κ1) is 16.1. The molecule has 1 aromatic rings. The molecule has 0 spiro atoms. The highest BCUT2D eigenvalue weighted by Gasteiger charge is 2.33. The molecule has 0 saturated carbocycles. The molecule has 3 rings (SSSR count). The molecule has 3 heterocycles. The lowest BCUT2D eigenvalue weighted by atomic mass is 10.2. The molecule has 0 radical (unpaired) electrons. The quantitative estimate of drug-likeness (QED) is 0.831. The molecule has 0 N–H and O–H groups in total. The molecule has 7 heteroatoms. The Hall–Kier alpha value is -1.76. The number of alkyl halides is 2. The number of amides is 1. The van der Waals surface area contributed by atoms with E-state index in [0.29, 0.717) is 19.1 Å². The van der Waals surface area contributed by atoms with Crippen LogP contribution in [0, 0.1) is 0 Å². The van der Waals surface area contributed by atoms with Gasteiger partial charge in [0.15, 0.2) is 6.61 Å². The summed E-state index contributed by atoms with van der Waals surface area (Å²) < 4.78 is 29.6. The van der Waals surface area contributed by atoms with E-state index in [2.05, 4.69) is 9.88 Å². The second-order valence-electron chi connectivity index (χ2n) is 5.99. The van der Waals surface area contributed by atoms with Crippen LogP contribution in [0.4, 0.5) is 8.78 Å². The fourth-order valence-corrected chi connectivity index (χ4v) is 3.31. The number of carbonyl (C=O) groups is 1. The van der Waals surface area contributed by atoms with Crippen LogP contribution in [0.25, 0.3) is 0 Å². The van der Waals surface area contributed by atoms with E-state index in [4.69, 9.17) is 4.74 Å². The van der Waals surface area contributed by atoms with E-state index in [0.717, 1.165) is 19.5 Å². The van der Waals surface area contributed by atoms with Gasteiger partial charge in [-0.1, -0.05) is 0 Å². The number of rotatable bonds is 5. The van der Waals surface area contributed by atoms with Crippen molar-refractivity contribution in [2.45, 2.75) is 31.7 Å². The smallest absolute Gasteiger partial charge is 0.272 e. The molecule has 126 valence electrons. The summed E-state index contributed by atoms with van der Waals surface area (Å²) in [7, 11) is 0. The Balaban J connectivity index is 1.66. The summed E-state index contributed by atoms with van der Waals surface area (Å²) in [5, 5.41) is 0. The van der Waals surface area contributed by atoms with E-state index < -0.39 is 13.0 Å². The maximum absolute atomic E-state index is 12.7. The van der Waals surface area contributed by atoms with Crippen LogP contribution in [-0.2, 0) is 0 Å². The van der Waals surface area contributed by atoms with Crippen LogP contribution in [0.2, 0.25) is 0 Å².